The molecule has 3 heteroatoms. The van der Waals surface area contributed by atoms with Gasteiger partial charge in [0.25, 0.3) is 0 Å². The highest BCUT2D eigenvalue weighted by Gasteiger charge is 2.44. The van der Waals surface area contributed by atoms with E-state index in [1.54, 1.807) is 0 Å². The van der Waals surface area contributed by atoms with Gasteiger partial charge in [-0.3, -0.25) is 4.90 Å². The van der Waals surface area contributed by atoms with Crippen molar-refractivity contribution < 1.29 is 4.74 Å². The van der Waals surface area contributed by atoms with Crippen molar-refractivity contribution in [3.05, 3.63) is 0 Å². The highest BCUT2D eigenvalue weighted by Crippen LogP contribution is 2.38. The third-order valence-electron chi connectivity index (χ3n) is 4.96. The Morgan fingerprint density at radius 1 is 1.21 bits per heavy atom. The van der Waals surface area contributed by atoms with Gasteiger partial charge in [-0.25, -0.2) is 0 Å². The highest BCUT2D eigenvalue weighted by molar-refractivity contribution is 5.00. The summed E-state index contributed by atoms with van der Waals surface area (Å²) in [5, 5.41) is 3.73. The van der Waals surface area contributed by atoms with Gasteiger partial charge in [-0.1, -0.05) is 20.8 Å². The first-order valence-corrected chi connectivity index (χ1v) is 8.17. The number of piperidine rings is 1. The van der Waals surface area contributed by atoms with Gasteiger partial charge in [0.15, 0.2) is 0 Å². The lowest BCUT2D eigenvalue weighted by Gasteiger charge is -2.45. The molecule has 0 saturated carbocycles. The topological polar surface area (TPSA) is 24.5 Å². The molecule has 2 aliphatic rings. The molecule has 2 fully saturated rings. The molecule has 2 bridgehead atoms. The van der Waals surface area contributed by atoms with Crippen molar-refractivity contribution >= 4 is 0 Å². The maximum atomic E-state index is 5.48. The maximum absolute atomic E-state index is 5.48. The fourth-order valence-electron chi connectivity index (χ4n) is 4.06. The molecule has 0 amide bonds. The first-order chi connectivity index (χ1) is 9.17. The highest BCUT2D eigenvalue weighted by atomic mass is 16.5. The molecule has 0 aromatic carbocycles. The van der Waals surface area contributed by atoms with E-state index in [1.165, 1.54) is 38.6 Å². The van der Waals surface area contributed by atoms with Crippen molar-refractivity contribution in [1.29, 1.82) is 0 Å². The summed E-state index contributed by atoms with van der Waals surface area (Å²) in [7, 11) is 1.84. The minimum absolute atomic E-state index is 0.606. The minimum Gasteiger partial charge on any atom is -0.383 e. The van der Waals surface area contributed by atoms with E-state index >= 15 is 0 Å². The van der Waals surface area contributed by atoms with E-state index < -0.39 is 0 Å². The lowest BCUT2D eigenvalue weighted by Crippen LogP contribution is -2.55. The minimum atomic E-state index is 0.606. The van der Waals surface area contributed by atoms with Gasteiger partial charge in [0.2, 0.25) is 0 Å². The Kier molecular flexibility index (Phi) is 5.67. The van der Waals surface area contributed by atoms with E-state index in [1.807, 2.05) is 7.11 Å². The molecular weight excluding hydrogens is 236 g/mol. The average Bonchev–Trinajstić information content (AvgIpc) is 2.64. The second-order valence-corrected chi connectivity index (χ2v) is 6.72. The summed E-state index contributed by atoms with van der Waals surface area (Å²) < 4.78 is 5.48. The van der Waals surface area contributed by atoms with Crippen molar-refractivity contribution in [2.75, 3.05) is 20.3 Å². The van der Waals surface area contributed by atoms with Crippen molar-refractivity contribution in [2.45, 2.75) is 77.0 Å². The normalized spacial score (nSPS) is 33.0. The second-order valence-electron chi connectivity index (χ2n) is 6.72. The molecule has 0 aromatic heterocycles. The van der Waals surface area contributed by atoms with Crippen LogP contribution in [0.15, 0.2) is 0 Å². The quantitative estimate of drug-likeness (QED) is 0.768. The fourth-order valence-corrected chi connectivity index (χ4v) is 4.06. The van der Waals surface area contributed by atoms with Gasteiger partial charge in [0.05, 0.1) is 6.61 Å². The molecule has 2 heterocycles. The largest absolute Gasteiger partial charge is 0.383 e. The first kappa shape index (κ1) is 15.3. The van der Waals surface area contributed by atoms with E-state index in [4.69, 9.17) is 4.74 Å². The monoisotopic (exact) mass is 268 g/mol. The fraction of sp³-hybridized carbons (Fsp3) is 1.00. The van der Waals surface area contributed by atoms with E-state index in [2.05, 4.69) is 31.0 Å². The van der Waals surface area contributed by atoms with E-state index in [0.717, 1.165) is 24.7 Å². The zero-order valence-corrected chi connectivity index (χ0v) is 13.2. The lowest BCUT2D eigenvalue weighted by atomic mass is 9.92. The van der Waals surface area contributed by atoms with Gasteiger partial charge < -0.3 is 10.1 Å². The molecule has 3 nitrogen and oxygen atoms in total. The second kappa shape index (κ2) is 7.05. The Morgan fingerprint density at radius 3 is 2.32 bits per heavy atom. The summed E-state index contributed by atoms with van der Waals surface area (Å²) in [4.78, 5) is 2.80. The molecule has 0 radical (unpaired) electrons. The third kappa shape index (κ3) is 3.50. The molecule has 1 N–H and O–H groups in total. The smallest absolute Gasteiger partial charge is 0.0620 e. The number of methoxy groups -OCH3 is 1. The van der Waals surface area contributed by atoms with Crippen molar-refractivity contribution in [3.8, 4) is 0 Å². The molecule has 2 saturated heterocycles. The SMILES string of the molecule is CCCNC1CC2CCC(C1)N2C(COC)C(C)C. The number of nitrogens with one attached hydrogen (secondary N) is 1. The summed E-state index contributed by atoms with van der Waals surface area (Å²) in [5.74, 6) is 0.684. The van der Waals surface area contributed by atoms with E-state index in [0.29, 0.717) is 12.0 Å². The molecule has 19 heavy (non-hydrogen) atoms. The van der Waals surface area contributed by atoms with Crippen molar-refractivity contribution in [3.63, 3.8) is 0 Å². The predicted octanol–water partition coefficient (Wildman–Crippen LogP) is 2.65. The maximum Gasteiger partial charge on any atom is 0.0620 e. The summed E-state index contributed by atoms with van der Waals surface area (Å²) in [6, 6.07) is 2.94. The lowest BCUT2D eigenvalue weighted by molar-refractivity contribution is 0.00487. The van der Waals surface area contributed by atoms with Crippen LogP contribution in [0.1, 0.15) is 52.9 Å². The standard InChI is InChI=1S/C16H32N2O/c1-5-8-17-13-9-14-6-7-15(10-13)18(14)16(11-19-4)12(2)3/h12-17H,5-11H2,1-4H3. The summed E-state index contributed by atoms with van der Waals surface area (Å²) in [6.07, 6.45) is 6.70. The summed E-state index contributed by atoms with van der Waals surface area (Å²) >= 11 is 0. The van der Waals surface area contributed by atoms with Crippen LogP contribution in [0.2, 0.25) is 0 Å². The van der Waals surface area contributed by atoms with Gasteiger partial charge in [-0.15, -0.1) is 0 Å². The Bertz CT molecular complexity index is 255. The Balaban J connectivity index is 1.97. The molecule has 0 spiro atoms. The van der Waals surface area contributed by atoms with Crippen LogP contribution in [0, 0.1) is 5.92 Å². The van der Waals surface area contributed by atoms with Crippen molar-refractivity contribution in [1.82, 2.24) is 10.2 Å². The number of nitrogens with zero attached hydrogens (tertiary/aromatic N) is 1. The van der Waals surface area contributed by atoms with E-state index in [-0.39, 0.29) is 0 Å². The summed E-state index contributed by atoms with van der Waals surface area (Å²) in [5.41, 5.74) is 0. The summed E-state index contributed by atoms with van der Waals surface area (Å²) in [6.45, 7) is 8.99. The van der Waals surface area contributed by atoms with Crippen LogP contribution in [0.5, 0.6) is 0 Å². The van der Waals surface area contributed by atoms with Gasteiger partial charge in [0, 0.05) is 31.3 Å². The molecular formula is C16H32N2O. The van der Waals surface area contributed by atoms with Crippen LogP contribution in [0.25, 0.3) is 0 Å². The Morgan fingerprint density at radius 2 is 1.84 bits per heavy atom. The first-order valence-electron chi connectivity index (χ1n) is 8.17. The number of ether oxygens (including phenoxy) is 1. The van der Waals surface area contributed by atoms with Crippen LogP contribution >= 0.6 is 0 Å². The zero-order valence-electron chi connectivity index (χ0n) is 13.2. The van der Waals surface area contributed by atoms with Gasteiger partial charge in [-0.05, 0) is 44.6 Å². The Labute approximate surface area is 119 Å². The molecule has 3 atom stereocenters. The molecule has 2 aliphatic heterocycles. The number of rotatable bonds is 7. The molecule has 2 rings (SSSR count). The predicted molar refractivity (Wildman–Crippen MR) is 80.5 cm³/mol. The molecule has 0 aromatic rings. The van der Waals surface area contributed by atoms with Gasteiger partial charge >= 0.3 is 0 Å². The molecule has 3 unspecified atom stereocenters. The van der Waals surface area contributed by atoms with Crippen LogP contribution in [0.3, 0.4) is 0 Å². The van der Waals surface area contributed by atoms with E-state index in [9.17, 15) is 0 Å². The van der Waals surface area contributed by atoms with Crippen LogP contribution in [-0.2, 0) is 4.74 Å². The molecule has 0 aliphatic carbocycles. The zero-order chi connectivity index (χ0) is 13.8. The van der Waals surface area contributed by atoms with Gasteiger partial charge in [0.1, 0.15) is 0 Å². The number of hydrogen-bond acceptors (Lipinski definition) is 3. The Hall–Kier alpha value is -0.120. The van der Waals surface area contributed by atoms with Crippen LogP contribution in [-0.4, -0.2) is 49.3 Å². The third-order valence-corrected chi connectivity index (χ3v) is 4.96. The van der Waals surface area contributed by atoms with Crippen molar-refractivity contribution in [2.24, 2.45) is 5.92 Å². The average molecular weight is 268 g/mol. The van der Waals surface area contributed by atoms with Gasteiger partial charge in [-0.2, -0.15) is 0 Å². The number of fused-ring (bicyclic) bond motifs is 2. The number of hydrogen-bond donors (Lipinski definition) is 1. The molecule has 112 valence electrons. The van der Waals surface area contributed by atoms with Crippen LogP contribution < -0.4 is 5.32 Å². The van der Waals surface area contributed by atoms with Crippen LogP contribution in [0.4, 0.5) is 0 Å².